The number of hydrogen-bond donors (Lipinski definition) is 2. The minimum atomic E-state index is -2.51. The fraction of sp³-hybridized carbons (Fsp3) is 1.00. The molecule has 2 N–H and O–H groups in total. The summed E-state index contributed by atoms with van der Waals surface area (Å²) < 4.78 is 16.3. The maximum absolute atomic E-state index is 11.3. The van der Waals surface area contributed by atoms with Gasteiger partial charge in [0.25, 0.3) is 7.52 Å². The molecule has 0 radical (unpaired) electrons. The number of likely N-dealkylation sites (N-methyl/N-ethyl adjacent to an activating group) is 1. The van der Waals surface area contributed by atoms with Crippen molar-refractivity contribution in [2.75, 3.05) is 33.4 Å². The van der Waals surface area contributed by atoms with Crippen molar-refractivity contribution in [3.8, 4) is 0 Å². The number of hydrogen-bond acceptors (Lipinski definition) is 3. The number of nitrogens with one attached hydrogen (secondary N) is 2. The lowest BCUT2D eigenvalue weighted by Crippen LogP contribution is -2.23. The summed E-state index contributed by atoms with van der Waals surface area (Å²) in [5, 5.41) is 5.77. The predicted octanol–water partition coefficient (Wildman–Crippen LogP) is 0.655. The van der Waals surface area contributed by atoms with E-state index < -0.39 is 7.52 Å². The van der Waals surface area contributed by atoms with Crippen LogP contribution in [0.5, 0.6) is 0 Å². The summed E-state index contributed by atoms with van der Waals surface area (Å²) in [5.41, 5.74) is 0. The Morgan fingerprint density at radius 2 is 2.09 bits per heavy atom. The molecule has 5 heteroatoms. The Kier molecular flexibility index (Phi) is 5.78. The first-order chi connectivity index (χ1) is 5.12. The van der Waals surface area contributed by atoms with Crippen LogP contribution in [0, 0.1) is 0 Å². The van der Waals surface area contributed by atoms with Crippen LogP contribution in [-0.4, -0.2) is 33.4 Å². The Balaban J connectivity index is 3.47. The Morgan fingerprint density at radius 3 is 2.55 bits per heavy atom. The molecular weight excluding hydrogens is 163 g/mol. The third-order valence-electron chi connectivity index (χ3n) is 1.15. The second kappa shape index (κ2) is 5.72. The minimum Gasteiger partial charge on any atom is -0.318 e. The molecule has 0 amide bonds. The summed E-state index contributed by atoms with van der Waals surface area (Å²) >= 11 is 0. The van der Waals surface area contributed by atoms with Crippen LogP contribution in [0.4, 0.5) is 0 Å². The molecule has 0 bridgehead atoms. The van der Waals surface area contributed by atoms with Gasteiger partial charge in [-0.05, 0) is 14.0 Å². The normalized spacial score (nSPS) is 16.3. The predicted molar refractivity (Wildman–Crippen MR) is 47.1 cm³/mol. The van der Waals surface area contributed by atoms with E-state index in [0.717, 1.165) is 6.54 Å². The molecule has 0 aromatic carbocycles. The molecule has 0 aromatic heterocycles. The van der Waals surface area contributed by atoms with Crippen molar-refractivity contribution in [3.63, 3.8) is 0 Å². The van der Waals surface area contributed by atoms with Gasteiger partial charge in [-0.1, -0.05) is 0 Å². The van der Waals surface area contributed by atoms with Gasteiger partial charge in [-0.2, -0.15) is 0 Å². The summed E-state index contributed by atoms with van der Waals surface area (Å²) in [6.45, 7) is 5.37. The van der Waals surface area contributed by atoms with Crippen molar-refractivity contribution in [1.82, 2.24) is 10.4 Å². The summed E-state index contributed by atoms with van der Waals surface area (Å²) in [7, 11) is -0.662. The van der Waals surface area contributed by atoms with Gasteiger partial charge in [-0.15, -0.1) is 0 Å². The van der Waals surface area contributed by atoms with Gasteiger partial charge in [0.1, 0.15) is 0 Å². The van der Waals surface area contributed by atoms with Gasteiger partial charge in [0.05, 0.1) is 6.61 Å². The molecule has 1 unspecified atom stereocenters. The SMILES string of the molecule is CCOP(C)(=O)NCCNC. The molecule has 0 fully saturated rings. The molecule has 0 aliphatic carbocycles. The standard InChI is InChI=1S/C6H17N2O2P/c1-4-10-11(3,9)8-6-5-7-2/h7H,4-6H2,1-3H3,(H,8,9). The summed E-state index contributed by atoms with van der Waals surface area (Å²) in [4.78, 5) is 0. The van der Waals surface area contributed by atoms with Crippen LogP contribution in [0.3, 0.4) is 0 Å². The van der Waals surface area contributed by atoms with Crippen LogP contribution in [0.2, 0.25) is 0 Å². The van der Waals surface area contributed by atoms with Gasteiger partial charge >= 0.3 is 0 Å². The number of rotatable bonds is 6. The van der Waals surface area contributed by atoms with E-state index in [1.807, 2.05) is 14.0 Å². The van der Waals surface area contributed by atoms with E-state index in [1.54, 1.807) is 6.66 Å². The molecule has 0 aromatic rings. The Bertz CT molecular complexity index is 141. The van der Waals surface area contributed by atoms with E-state index in [9.17, 15) is 4.57 Å². The molecule has 0 rings (SSSR count). The highest BCUT2D eigenvalue weighted by molar-refractivity contribution is 7.56. The first-order valence-electron chi connectivity index (χ1n) is 3.74. The molecule has 0 saturated heterocycles. The lowest BCUT2D eigenvalue weighted by atomic mass is 10.7. The second-order valence-corrected chi connectivity index (χ2v) is 4.54. The van der Waals surface area contributed by atoms with Crippen LogP contribution in [0.1, 0.15) is 6.92 Å². The monoisotopic (exact) mass is 180 g/mol. The van der Waals surface area contributed by atoms with Gasteiger partial charge in [-0.25, -0.2) is 5.09 Å². The van der Waals surface area contributed by atoms with Crippen molar-refractivity contribution in [2.45, 2.75) is 6.92 Å². The zero-order valence-corrected chi connectivity index (χ0v) is 8.28. The fourth-order valence-corrected chi connectivity index (χ4v) is 1.78. The van der Waals surface area contributed by atoms with E-state index in [-0.39, 0.29) is 0 Å². The first kappa shape index (κ1) is 11.1. The summed E-state index contributed by atoms with van der Waals surface area (Å²) in [5.74, 6) is 0. The van der Waals surface area contributed by atoms with Gasteiger partial charge < -0.3 is 9.84 Å². The quantitative estimate of drug-likeness (QED) is 0.465. The van der Waals surface area contributed by atoms with E-state index in [4.69, 9.17) is 4.52 Å². The average molecular weight is 180 g/mol. The Morgan fingerprint density at radius 1 is 1.45 bits per heavy atom. The fourth-order valence-electron chi connectivity index (χ4n) is 0.676. The highest BCUT2D eigenvalue weighted by Crippen LogP contribution is 2.36. The zero-order valence-electron chi connectivity index (χ0n) is 7.39. The van der Waals surface area contributed by atoms with Crippen molar-refractivity contribution < 1.29 is 9.09 Å². The molecule has 11 heavy (non-hydrogen) atoms. The van der Waals surface area contributed by atoms with E-state index >= 15 is 0 Å². The molecule has 0 heterocycles. The van der Waals surface area contributed by atoms with Crippen molar-refractivity contribution in [3.05, 3.63) is 0 Å². The molecule has 4 nitrogen and oxygen atoms in total. The third-order valence-corrected chi connectivity index (χ3v) is 2.70. The first-order valence-corrected chi connectivity index (χ1v) is 5.81. The minimum absolute atomic E-state index is 0.486. The second-order valence-electron chi connectivity index (χ2n) is 2.28. The van der Waals surface area contributed by atoms with Crippen LogP contribution < -0.4 is 10.4 Å². The highest BCUT2D eigenvalue weighted by Gasteiger charge is 2.11. The molecule has 0 spiro atoms. The zero-order chi connectivity index (χ0) is 8.74. The van der Waals surface area contributed by atoms with Gasteiger partial charge in [0.2, 0.25) is 0 Å². The van der Waals surface area contributed by atoms with E-state index in [0.29, 0.717) is 13.2 Å². The third kappa shape index (κ3) is 6.51. The van der Waals surface area contributed by atoms with E-state index in [1.165, 1.54) is 0 Å². The Hall–Kier alpha value is 0.110. The molecule has 0 saturated carbocycles. The van der Waals surface area contributed by atoms with E-state index in [2.05, 4.69) is 10.4 Å². The lowest BCUT2D eigenvalue weighted by molar-refractivity contribution is 0.329. The smallest absolute Gasteiger partial charge is 0.266 e. The molecule has 68 valence electrons. The largest absolute Gasteiger partial charge is 0.318 e. The van der Waals surface area contributed by atoms with Crippen LogP contribution >= 0.6 is 7.52 Å². The lowest BCUT2D eigenvalue weighted by Gasteiger charge is -2.13. The van der Waals surface area contributed by atoms with Crippen molar-refractivity contribution >= 4 is 7.52 Å². The van der Waals surface area contributed by atoms with Crippen molar-refractivity contribution in [1.29, 1.82) is 0 Å². The Labute approximate surface area is 68.2 Å². The molecule has 1 atom stereocenters. The maximum Gasteiger partial charge on any atom is 0.266 e. The summed E-state index contributed by atoms with van der Waals surface area (Å²) in [6, 6.07) is 0. The van der Waals surface area contributed by atoms with Gasteiger partial charge in [0.15, 0.2) is 0 Å². The topological polar surface area (TPSA) is 50.4 Å². The average Bonchev–Trinajstić information content (AvgIpc) is 1.87. The summed E-state index contributed by atoms with van der Waals surface area (Å²) in [6.07, 6.45) is 0. The highest BCUT2D eigenvalue weighted by atomic mass is 31.2. The van der Waals surface area contributed by atoms with Gasteiger partial charge in [-0.3, -0.25) is 4.57 Å². The maximum atomic E-state index is 11.3. The molecule has 0 aliphatic rings. The van der Waals surface area contributed by atoms with Crippen LogP contribution in [0.25, 0.3) is 0 Å². The van der Waals surface area contributed by atoms with Gasteiger partial charge in [0, 0.05) is 19.8 Å². The molecule has 0 aliphatic heterocycles. The van der Waals surface area contributed by atoms with Crippen LogP contribution in [-0.2, 0) is 9.09 Å². The van der Waals surface area contributed by atoms with Crippen LogP contribution in [0.15, 0.2) is 0 Å². The molecular formula is C6H17N2O2P. The van der Waals surface area contributed by atoms with Crippen molar-refractivity contribution in [2.24, 2.45) is 0 Å².